The fourth-order valence-electron chi connectivity index (χ4n) is 2.05. The first kappa shape index (κ1) is 14.6. The first-order chi connectivity index (χ1) is 8.63. The molecule has 3 heteroatoms. The van der Waals surface area contributed by atoms with Gasteiger partial charge in [0.2, 0.25) is 0 Å². The van der Waals surface area contributed by atoms with Crippen LogP contribution in [0.1, 0.15) is 42.6 Å². The zero-order chi connectivity index (χ0) is 13.5. The van der Waals surface area contributed by atoms with Crippen molar-refractivity contribution in [2.24, 2.45) is 0 Å². The predicted molar refractivity (Wildman–Crippen MR) is 74.2 cm³/mol. The van der Waals surface area contributed by atoms with E-state index in [-0.39, 0.29) is 5.91 Å². The molecule has 1 aromatic carbocycles. The van der Waals surface area contributed by atoms with Gasteiger partial charge in [0.25, 0.3) is 5.91 Å². The van der Waals surface area contributed by atoms with E-state index in [4.69, 9.17) is 4.74 Å². The minimum atomic E-state index is 0.115. The molecule has 0 saturated carbocycles. The van der Waals surface area contributed by atoms with Gasteiger partial charge in [-0.1, -0.05) is 13.8 Å². The van der Waals surface area contributed by atoms with Crippen molar-refractivity contribution in [3.8, 4) is 5.75 Å². The van der Waals surface area contributed by atoms with Gasteiger partial charge in [0.15, 0.2) is 0 Å². The Hall–Kier alpha value is -1.51. The van der Waals surface area contributed by atoms with Gasteiger partial charge in [0, 0.05) is 18.7 Å². The van der Waals surface area contributed by atoms with Gasteiger partial charge in [-0.2, -0.15) is 0 Å². The number of hydrogen-bond donors (Lipinski definition) is 0. The minimum absolute atomic E-state index is 0.115. The van der Waals surface area contributed by atoms with E-state index < -0.39 is 0 Å². The predicted octanol–water partition coefficient (Wildman–Crippen LogP) is 3.27. The molecular formula is C15H23NO2. The zero-order valence-corrected chi connectivity index (χ0v) is 11.8. The number of nitrogens with zero attached hydrogens (tertiary/aromatic N) is 1. The number of carbonyl (C=O) groups excluding carboxylic acids is 1. The van der Waals surface area contributed by atoms with E-state index in [2.05, 4.69) is 13.8 Å². The fraction of sp³-hybridized carbons (Fsp3) is 0.533. The van der Waals surface area contributed by atoms with Gasteiger partial charge in [-0.15, -0.1) is 0 Å². The van der Waals surface area contributed by atoms with Gasteiger partial charge in [0.1, 0.15) is 5.75 Å². The van der Waals surface area contributed by atoms with E-state index in [0.29, 0.717) is 0 Å². The second-order valence-corrected chi connectivity index (χ2v) is 4.48. The summed E-state index contributed by atoms with van der Waals surface area (Å²) in [4.78, 5) is 14.3. The van der Waals surface area contributed by atoms with Gasteiger partial charge in [-0.05, 0) is 43.5 Å². The Morgan fingerprint density at radius 3 is 2.28 bits per heavy atom. The molecule has 0 heterocycles. The van der Waals surface area contributed by atoms with Crippen LogP contribution in [0.4, 0.5) is 0 Å². The van der Waals surface area contributed by atoms with Crippen molar-refractivity contribution in [3.05, 3.63) is 29.3 Å². The Morgan fingerprint density at radius 2 is 1.83 bits per heavy atom. The van der Waals surface area contributed by atoms with Crippen LogP contribution in [0.3, 0.4) is 0 Å². The topological polar surface area (TPSA) is 29.5 Å². The van der Waals surface area contributed by atoms with E-state index in [1.165, 1.54) is 0 Å². The van der Waals surface area contributed by atoms with Crippen LogP contribution in [0.2, 0.25) is 0 Å². The van der Waals surface area contributed by atoms with Crippen molar-refractivity contribution in [1.82, 2.24) is 4.90 Å². The maximum atomic E-state index is 12.4. The van der Waals surface area contributed by atoms with Crippen molar-refractivity contribution in [1.29, 1.82) is 0 Å². The molecule has 18 heavy (non-hydrogen) atoms. The number of amides is 1. The molecule has 0 N–H and O–H groups in total. The number of methoxy groups -OCH3 is 1. The maximum absolute atomic E-state index is 12.4. The smallest absolute Gasteiger partial charge is 0.253 e. The molecule has 0 aliphatic carbocycles. The lowest BCUT2D eigenvalue weighted by Crippen LogP contribution is -2.32. The van der Waals surface area contributed by atoms with Gasteiger partial charge in [0.05, 0.1) is 7.11 Å². The number of rotatable bonds is 6. The van der Waals surface area contributed by atoms with Crippen LogP contribution < -0.4 is 4.74 Å². The zero-order valence-electron chi connectivity index (χ0n) is 11.8. The second kappa shape index (κ2) is 7.04. The third-order valence-electron chi connectivity index (χ3n) is 2.92. The van der Waals surface area contributed by atoms with Crippen molar-refractivity contribution in [2.75, 3.05) is 20.2 Å². The molecule has 0 unspecified atom stereocenters. The van der Waals surface area contributed by atoms with E-state index in [1.54, 1.807) is 7.11 Å². The van der Waals surface area contributed by atoms with E-state index in [9.17, 15) is 4.79 Å². The largest absolute Gasteiger partial charge is 0.496 e. The highest BCUT2D eigenvalue weighted by Crippen LogP contribution is 2.19. The molecule has 3 nitrogen and oxygen atoms in total. The summed E-state index contributed by atoms with van der Waals surface area (Å²) < 4.78 is 5.21. The second-order valence-electron chi connectivity index (χ2n) is 4.48. The highest BCUT2D eigenvalue weighted by molar-refractivity contribution is 5.94. The van der Waals surface area contributed by atoms with Gasteiger partial charge in [-0.25, -0.2) is 0 Å². The summed E-state index contributed by atoms with van der Waals surface area (Å²) in [6.07, 6.45) is 1.97. The maximum Gasteiger partial charge on any atom is 0.253 e. The van der Waals surface area contributed by atoms with Crippen LogP contribution in [0.15, 0.2) is 18.2 Å². The van der Waals surface area contributed by atoms with Crippen LogP contribution in [-0.4, -0.2) is 31.0 Å². The normalized spacial score (nSPS) is 10.2. The molecule has 1 rings (SSSR count). The van der Waals surface area contributed by atoms with Gasteiger partial charge in [-0.3, -0.25) is 4.79 Å². The third kappa shape index (κ3) is 3.49. The quantitative estimate of drug-likeness (QED) is 0.774. The fourth-order valence-corrected chi connectivity index (χ4v) is 2.05. The van der Waals surface area contributed by atoms with Gasteiger partial charge < -0.3 is 9.64 Å². The van der Waals surface area contributed by atoms with Crippen molar-refractivity contribution in [3.63, 3.8) is 0 Å². The summed E-state index contributed by atoms with van der Waals surface area (Å²) in [5.74, 6) is 0.938. The number of carbonyl (C=O) groups is 1. The van der Waals surface area contributed by atoms with Crippen LogP contribution in [0.5, 0.6) is 5.75 Å². The SMILES string of the molecule is CCCN(CCC)C(=O)c1ccc(OC)c(C)c1. The van der Waals surface area contributed by atoms with Crippen LogP contribution in [0.25, 0.3) is 0 Å². The highest BCUT2D eigenvalue weighted by Gasteiger charge is 2.14. The number of aryl methyl sites for hydroxylation is 1. The molecule has 0 saturated heterocycles. The molecule has 0 aliphatic rings. The monoisotopic (exact) mass is 249 g/mol. The molecule has 1 aromatic rings. The Labute approximate surface area is 110 Å². The van der Waals surface area contributed by atoms with E-state index in [0.717, 1.165) is 42.8 Å². The lowest BCUT2D eigenvalue weighted by molar-refractivity contribution is 0.0755. The first-order valence-corrected chi connectivity index (χ1v) is 6.57. The summed E-state index contributed by atoms with van der Waals surface area (Å²) in [7, 11) is 1.64. The standard InChI is InChI=1S/C15H23NO2/c1-5-9-16(10-6-2)15(17)13-7-8-14(18-4)12(3)11-13/h7-8,11H,5-6,9-10H2,1-4H3. The average molecular weight is 249 g/mol. The van der Waals surface area contributed by atoms with Crippen molar-refractivity contribution < 1.29 is 9.53 Å². The lowest BCUT2D eigenvalue weighted by Gasteiger charge is -2.21. The number of benzene rings is 1. The molecule has 0 bridgehead atoms. The Kier molecular flexibility index (Phi) is 5.69. The van der Waals surface area contributed by atoms with Crippen molar-refractivity contribution >= 4 is 5.91 Å². The van der Waals surface area contributed by atoms with Crippen LogP contribution in [0, 0.1) is 6.92 Å². The van der Waals surface area contributed by atoms with Crippen LogP contribution in [-0.2, 0) is 0 Å². The molecule has 0 radical (unpaired) electrons. The molecule has 0 spiro atoms. The summed E-state index contributed by atoms with van der Waals surface area (Å²) >= 11 is 0. The van der Waals surface area contributed by atoms with Crippen LogP contribution >= 0.6 is 0 Å². The average Bonchev–Trinajstić information content (AvgIpc) is 2.37. The lowest BCUT2D eigenvalue weighted by atomic mass is 10.1. The van der Waals surface area contributed by atoms with E-state index in [1.807, 2.05) is 30.0 Å². The summed E-state index contributed by atoms with van der Waals surface area (Å²) in [6.45, 7) is 7.78. The highest BCUT2D eigenvalue weighted by atomic mass is 16.5. The molecule has 0 atom stereocenters. The molecule has 0 aromatic heterocycles. The molecule has 0 aliphatic heterocycles. The Balaban J connectivity index is 2.90. The summed E-state index contributed by atoms with van der Waals surface area (Å²) in [6, 6.07) is 5.60. The first-order valence-electron chi connectivity index (χ1n) is 6.57. The summed E-state index contributed by atoms with van der Waals surface area (Å²) in [5.41, 5.74) is 1.74. The molecule has 100 valence electrons. The third-order valence-corrected chi connectivity index (χ3v) is 2.92. The minimum Gasteiger partial charge on any atom is -0.496 e. The molecular weight excluding hydrogens is 226 g/mol. The Bertz CT molecular complexity index is 395. The Morgan fingerprint density at radius 1 is 1.22 bits per heavy atom. The number of ether oxygens (including phenoxy) is 1. The molecule has 1 amide bonds. The van der Waals surface area contributed by atoms with Gasteiger partial charge >= 0.3 is 0 Å². The number of hydrogen-bond acceptors (Lipinski definition) is 2. The van der Waals surface area contributed by atoms with E-state index >= 15 is 0 Å². The summed E-state index contributed by atoms with van der Waals surface area (Å²) in [5, 5.41) is 0. The molecule has 0 fully saturated rings. The van der Waals surface area contributed by atoms with Crippen molar-refractivity contribution in [2.45, 2.75) is 33.6 Å².